The highest BCUT2D eigenvalue weighted by Gasteiger charge is 2.06. The quantitative estimate of drug-likeness (QED) is 0.331. The molecule has 1 aromatic carbocycles. The molecule has 0 radical (unpaired) electrons. The van der Waals surface area contributed by atoms with Crippen molar-refractivity contribution in [1.82, 2.24) is 15.2 Å². The van der Waals surface area contributed by atoms with E-state index in [1.807, 2.05) is 43.6 Å². The fourth-order valence-corrected chi connectivity index (χ4v) is 3.13. The average molecular weight is 488 g/mol. The zero-order valence-electron chi connectivity index (χ0n) is 15.8. The topological polar surface area (TPSA) is 49.8 Å². The number of aromatic nitrogens is 1. The van der Waals surface area contributed by atoms with Gasteiger partial charge in [0.15, 0.2) is 5.96 Å². The number of para-hydroxylation sites is 1. The molecule has 2 aromatic rings. The Balaban J connectivity index is 0.00000338. The highest BCUT2D eigenvalue weighted by atomic mass is 127. The van der Waals surface area contributed by atoms with E-state index in [0.29, 0.717) is 6.61 Å². The van der Waals surface area contributed by atoms with Gasteiger partial charge in [-0.2, -0.15) is 0 Å². The van der Waals surface area contributed by atoms with E-state index in [-0.39, 0.29) is 24.0 Å². The molecule has 26 heavy (non-hydrogen) atoms. The number of hydrogen-bond acceptors (Lipinski definition) is 4. The highest BCUT2D eigenvalue weighted by Crippen LogP contribution is 2.13. The van der Waals surface area contributed by atoms with Crippen molar-refractivity contribution in [2.24, 2.45) is 4.99 Å². The van der Waals surface area contributed by atoms with Gasteiger partial charge in [-0.15, -0.1) is 35.3 Å². The van der Waals surface area contributed by atoms with Crippen molar-refractivity contribution in [2.45, 2.75) is 26.7 Å². The van der Waals surface area contributed by atoms with E-state index in [2.05, 4.69) is 29.0 Å². The number of ether oxygens (including phenoxy) is 1. The van der Waals surface area contributed by atoms with Crippen molar-refractivity contribution < 1.29 is 4.74 Å². The molecule has 0 saturated carbocycles. The normalized spacial score (nSPS) is 11.0. The number of thiazole rings is 1. The van der Waals surface area contributed by atoms with Crippen LogP contribution in [0.3, 0.4) is 0 Å². The molecule has 0 unspecified atom stereocenters. The monoisotopic (exact) mass is 488 g/mol. The molecule has 5 nitrogen and oxygen atoms in total. The molecule has 1 aromatic heterocycles. The van der Waals surface area contributed by atoms with Crippen LogP contribution in [0, 0.1) is 0 Å². The second-order valence-electron chi connectivity index (χ2n) is 5.64. The van der Waals surface area contributed by atoms with Gasteiger partial charge >= 0.3 is 0 Å². The zero-order valence-corrected chi connectivity index (χ0v) is 18.9. The summed E-state index contributed by atoms with van der Waals surface area (Å²) < 4.78 is 5.76. The average Bonchev–Trinajstić information content (AvgIpc) is 3.10. The Hall–Kier alpha value is -1.35. The van der Waals surface area contributed by atoms with Gasteiger partial charge in [0.05, 0.1) is 11.6 Å². The zero-order chi connectivity index (χ0) is 17.9. The number of aryl methyl sites for hydroxylation is 1. The second kappa shape index (κ2) is 12.9. The predicted octanol–water partition coefficient (Wildman–Crippen LogP) is 3.84. The summed E-state index contributed by atoms with van der Waals surface area (Å²) in [6, 6.07) is 9.89. The van der Waals surface area contributed by atoms with Crippen LogP contribution in [0.5, 0.6) is 5.75 Å². The number of hydrogen-bond donors (Lipinski definition) is 1. The number of rotatable bonds is 9. The second-order valence-corrected chi connectivity index (χ2v) is 6.84. The number of likely N-dealkylation sites (N-methyl/N-ethyl adjacent to an activating group) is 1. The standard InChI is InChI=1S/C19H28N4OS.HI/c1-4-17-15-22-18(25-17)11-12-21-19(20-5-2)23(3)13-14-24-16-9-7-6-8-10-16;/h6-10,15H,4-5,11-14H2,1-3H3,(H,20,21);1H. The third-order valence-corrected chi connectivity index (χ3v) is 4.87. The molecular formula is C19H29IN4OS. The molecule has 0 amide bonds. The minimum Gasteiger partial charge on any atom is -0.492 e. The van der Waals surface area contributed by atoms with Crippen LogP contribution < -0.4 is 10.1 Å². The van der Waals surface area contributed by atoms with Gasteiger partial charge < -0.3 is 15.0 Å². The number of guanidine groups is 1. The Kier molecular flexibility index (Phi) is 11.3. The van der Waals surface area contributed by atoms with Gasteiger partial charge in [0.2, 0.25) is 0 Å². The summed E-state index contributed by atoms with van der Waals surface area (Å²) in [5, 5.41) is 4.50. The van der Waals surface area contributed by atoms with Crippen molar-refractivity contribution in [2.75, 3.05) is 33.3 Å². The lowest BCUT2D eigenvalue weighted by Crippen LogP contribution is -2.41. The van der Waals surface area contributed by atoms with Crippen molar-refractivity contribution in [3.05, 3.63) is 46.4 Å². The summed E-state index contributed by atoms with van der Waals surface area (Å²) in [6.07, 6.45) is 3.91. The third-order valence-electron chi connectivity index (χ3n) is 3.67. The third kappa shape index (κ3) is 7.90. The van der Waals surface area contributed by atoms with Gasteiger partial charge in [-0.25, -0.2) is 4.98 Å². The Morgan fingerprint density at radius 2 is 2.04 bits per heavy atom. The minimum atomic E-state index is 0. The lowest BCUT2D eigenvalue weighted by atomic mass is 10.3. The molecule has 1 heterocycles. The van der Waals surface area contributed by atoms with E-state index in [9.17, 15) is 0 Å². The van der Waals surface area contributed by atoms with Crippen LogP contribution in [0.1, 0.15) is 23.7 Å². The molecule has 0 atom stereocenters. The molecule has 0 saturated heterocycles. The number of nitrogens with zero attached hydrogens (tertiary/aromatic N) is 3. The molecule has 7 heteroatoms. The first-order chi connectivity index (χ1) is 12.2. The van der Waals surface area contributed by atoms with Crippen LogP contribution in [0.15, 0.2) is 41.5 Å². The van der Waals surface area contributed by atoms with Crippen molar-refractivity contribution in [3.63, 3.8) is 0 Å². The molecule has 0 aliphatic rings. The maximum absolute atomic E-state index is 5.76. The van der Waals surface area contributed by atoms with Gasteiger partial charge in [0, 0.05) is 37.6 Å². The lowest BCUT2D eigenvalue weighted by Gasteiger charge is -2.22. The van der Waals surface area contributed by atoms with Crippen molar-refractivity contribution in [1.29, 1.82) is 0 Å². The Morgan fingerprint density at radius 3 is 2.69 bits per heavy atom. The molecule has 0 aliphatic carbocycles. The first kappa shape index (κ1) is 22.7. The summed E-state index contributed by atoms with van der Waals surface area (Å²) in [4.78, 5) is 12.6. The molecule has 0 spiro atoms. The maximum Gasteiger partial charge on any atom is 0.193 e. The molecule has 2 rings (SSSR count). The van der Waals surface area contributed by atoms with E-state index in [1.165, 1.54) is 4.88 Å². The first-order valence-corrected chi connectivity index (χ1v) is 9.65. The summed E-state index contributed by atoms with van der Waals surface area (Å²) in [5.74, 6) is 1.81. The lowest BCUT2D eigenvalue weighted by molar-refractivity contribution is 0.281. The number of halogens is 1. The van der Waals surface area contributed by atoms with Gasteiger partial charge in [0.25, 0.3) is 0 Å². The Labute approximate surface area is 177 Å². The SMILES string of the molecule is CCNC(=NCCc1ncc(CC)s1)N(C)CCOc1ccccc1.I. The van der Waals surface area contributed by atoms with E-state index >= 15 is 0 Å². The molecule has 1 N–H and O–H groups in total. The largest absolute Gasteiger partial charge is 0.492 e. The highest BCUT2D eigenvalue weighted by molar-refractivity contribution is 14.0. The minimum absolute atomic E-state index is 0. The van der Waals surface area contributed by atoms with E-state index in [1.54, 1.807) is 11.3 Å². The van der Waals surface area contributed by atoms with Crippen molar-refractivity contribution >= 4 is 41.3 Å². The number of benzene rings is 1. The Morgan fingerprint density at radius 1 is 1.27 bits per heavy atom. The summed E-state index contributed by atoms with van der Waals surface area (Å²) in [6.45, 7) is 7.22. The van der Waals surface area contributed by atoms with Crippen molar-refractivity contribution in [3.8, 4) is 5.75 Å². The van der Waals surface area contributed by atoms with E-state index in [4.69, 9.17) is 9.73 Å². The maximum atomic E-state index is 5.76. The Bertz CT molecular complexity index is 648. The summed E-state index contributed by atoms with van der Waals surface area (Å²) >= 11 is 1.78. The van der Waals surface area contributed by atoms with E-state index < -0.39 is 0 Å². The van der Waals surface area contributed by atoms with Crippen LogP contribution >= 0.6 is 35.3 Å². The van der Waals surface area contributed by atoms with Gasteiger partial charge in [-0.05, 0) is 25.5 Å². The van der Waals surface area contributed by atoms with Crippen LogP contribution in [-0.4, -0.2) is 49.1 Å². The fraction of sp³-hybridized carbons (Fsp3) is 0.474. The predicted molar refractivity (Wildman–Crippen MR) is 121 cm³/mol. The number of nitrogens with one attached hydrogen (secondary N) is 1. The van der Waals surface area contributed by atoms with Crippen LogP contribution in [0.4, 0.5) is 0 Å². The van der Waals surface area contributed by atoms with Gasteiger partial charge in [-0.1, -0.05) is 25.1 Å². The van der Waals surface area contributed by atoms with Crippen LogP contribution in [0.2, 0.25) is 0 Å². The molecular weight excluding hydrogens is 459 g/mol. The summed E-state index contributed by atoms with van der Waals surface area (Å²) in [7, 11) is 2.04. The molecule has 144 valence electrons. The van der Waals surface area contributed by atoms with E-state index in [0.717, 1.165) is 49.2 Å². The molecule has 0 bridgehead atoms. The molecule has 0 fully saturated rings. The summed E-state index contributed by atoms with van der Waals surface area (Å²) in [5.41, 5.74) is 0. The fourth-order valence-electron chi connectivity index (χ4n) is 2.28. The first-order valence-electron chi connectivity index (χ1n) is 8.83. The van der Waals surface area contributed by atoms with Crippen LogP contribution in [-0.2, 0) is 12.8 Å². The number of aliphatic imine (C=N–C) groups is 1. The van der Waals surface area contributed by atoms with Gasteiger partial charge in [-0.3, -0.25) is 4.99 Å². The van der Waals surface area contributed by atoms with Crippen LogP contribution in [0.25, 0.3) is 0 Å². The smallest absolute Gasteiger partial charge is 0.193 e. The van der Waals surface area contributed by atoms with Gasteiger partial charge in [0.1, 0.15) is 12.4 Å². The molecule has 0 aliphatic heterocycles.